The van der Waals surface area contributed by atoms with Gasteiger partial charge in [-0.05, 0) is 43.3 Å². The zero-order valence-corrected chi connectivity index (χ0v) is 13.5. The van der Waals surface area contributed by atoms with Crippen LogP contribution in [0.15, 0.2) is 15.7 Å². The standard InChI is InChI=1S/C13H22N2O3S2/c1-3-14-8-11-7-13(19-9-11)20(16,17)15-12-4-5-18-10(2)6-12/h7,9-10,12,14-15H,3-6,8H2,1-2H3. The molecule has 0 spiro atoms. The third-order valence-corrected chi connectivity index (χ3v) is 6.29. The normalized spacial score (nSPS) is 23.9. The third kappa shape index (κ3) is 4.26. The van der Waals surface area contributed by atoms with Gasteiger partial charge in [-0.15, -0.1) is 11.3 Å². The molecule has 0 aromatic carbocycles. The van der Waals surface area contributed by atoms with Crippen molar-refractivity contribution in [2.24, 2.45) is 0 Å². The SMILES string of the molecule is CCNCc1csc(S(=O)(=O)NC2CCOC(C)C2)c1. The first-order chi connectivity index (χ1) is 9.51. The Morgan fingerprint density at radius 2 is 2.30 bits per heavy atom. The van der Waals surface area contributed by atoms with Gasteiger partial charge in [0, 0.05) is 19.2 Å². The van der Waals surface area contributed by atoms with Crippen molar-refractivity contribution in [3.63, 3.8) is 0 Å². The van der Waals surface area contributed by atoms with Crippen LogP contribution in [0.3, 0.4) is 0 Å². The first kappa shape index (κ1) is 15.9. The fourth-order valence-electron chi connectivity index (χ4n) is 2.24. The number of hydrogen-bond donors (Lipinski definition) is 2. The molecule has 114 valence electrons. The van der Waals surface area contributed by atoms with Crippen molar-refractivity contribution < 1.29 is 13.2 Å². The summed E-state index contributed by atoms with van der Waals surface area (Å²) >= 11 is 1.27. The Labute approximate surface area is 124 Å². The van der Waals surface area contributed by atoms with E-state index in [9.17, 15) is 8.42 Å². The summed E-state index contributed by atoms with van der Waals surface area (Å²) < 4.78 is 33.3. The molecule has 1 fully saturated rings. The average molecular weight is 318 g/mol. The monoisotopic (exact) mass is 318 g/mol. The fourth-order valence-corrected chi connectivity index (χ4v) is 4.75. The van der Waals surface area contributed by atoms with Crippen LogP contribution in [-0.2, 0) is 21.3 Å². The maximum absolute atomic E-state index is 12.3. The molecule has 2 N–H and O–H groups in total. The summed E-state index contributed by atoms with van der Waals surface area (Å²) in [5, 5.41) is 5.08. The highest BCUT2D eigenvalue weighted by Gasteiger charge is 2.25. The minimum Gasteiger partial charge on any atom is -0.378 e. The first-order valence-corrected chi connectivity index (χ1v) is 9.29. The molecule has 5 nitrogen and oxygen atoms in total. The van der Waals surface area contributed by atoms with Crippen molar-refractivity contribution in [1.82, 2.24) is 10.0 Å². The van der Waals surface area contributed by atoms with Crippen molar-refractivity contribution >= 4 is 21.4 Å². The van der Waals surface area contributed by atoms with Crippen molar-refractivity contribution in [3.05, 3.63) is 17.0 Å². The van der Waals surface area contributed by atoms with E-state index >= 15 is 0 Å². The van der Waals surface area contributed by atoms with Crippen LogP contribution in [0.1, 0.15) is 32.3 Å². The zero-order chi connectivity index (χ0) is 14.6. The van der Waals surface area contributed by atoms with Gasteiger partial charge in [-0.1, -0.05) is 6.92 Å². The molecular weight excluding hydrogens is 296 g/mol. The Balaban J connectivity index is 2.00. The summed E-state index contributed by atoms with van der Waals surface area (Å²) in [5.41, 5.74) is 1.01. The topological polar surface area (TPSA) is 67.4 Å². The van der Waals surface area contributed by atoms with Gasteiger partial charge < -0.3 is 10.1 Å². The number of sulfonamides is 1. The summed E-state index contributed by atoms with van der Waals surface area (Å²) in [6.07, 6.45) is 1.58. The summed E-state index contributed by atoms with van der Waals surface area (Å²) in [7, 11) is -3.40. The maximum Gasteiger partial charge on any atom is 0.250 e. The molecule has 0 saturated carbocycles. The van der Waals surface area contributed by atoms with E-state index in [0.29, 0.717) is 17.4 Å². The second-order valence-corrected chi connectivity index (χ2v) is 7.93. The quantitative estimate of drug-likeness (QED) is 0.838. The number of ether oxygens (including phenoxy) is 1. The van der Waals surface area contributed by atoms with Crippen molar-refractivity contribution in [3.8, 4) is 0 Å². The largest absolute Gasteiger partial charge is 0.378 e. The van der Waals surface area contributed by atoms with Crippen LogP contribution >= 0.6 is 11.3 Å². The van der Waals surface area contributed by atoms with E-state index in [1.165, 1.54) is 11.3 Å². The minimum absolute atomic E-state index is 0.0249. The van der Waals surface area contributed by atoms with Crippen molar-refractivity contribution in [1.29, 1.82) is 0 Å². The second kappa shape index (κ2) is 7.00. The zero-order valence-electron chi connectivity index (χ0n) is 11.9. The summed E-state index contributed by atoms with van der Waals surface area (Å²) in [6, 6.07) is 1.72. The number of thiophene rings is 1. The van der Waals surface area contributed by atoms with Crippen LogP contribution in [0.4, 0.5) is 0 Å². The van der Waals surface area contributed by atoms with Crippen molar-refractivity contribution in [2.45, 2.75) is 49.6 Å². The van der Waals surface area contributed by atoms with Gasteiger partial charge in [0.1, 0.15) is 4.21 Å². The van der Waals surface area contributed by atoms with E-state index in [-0.39, 0.29) is 12.1 Å². The molecule has 20 heavy (non-hydrogen) atoms. The highest BCUT2D eigenvalue weighted by atomic mass is 32.2. The predicted molar refractivity (Wildman–Crippen MR) is 80.5 cm³/mol. The molecule has 1 aliphatic heterocycles. The summed E-state index contributed by atoms with van der Waals surface area (Å²) in [4.78, 5) is 0. The van der Waals surface area contributed by atoms with E-state index in [1.807, 2.05) is 19.2 Å². The van der Waals surface area contributed by atoms with Crippen LogP contribution in [0.5, 0.6) is 0 Å². The fraction of sp³-hybridized carbons (Fsp3) is 0.692. The van der Waals surface area contributed by atoms with Crippen LogP contribution in [0.25, 0.3) is 0 Å². The van der Waals surface area contributed by atoms with Gasteiger partial charge in [-0.3, -0.25) is 0 Å². The Hall–Kier alpha value is -0.470. The van der Waals surface area contributed by atoms with E-state index in [4.69, 9.17) is 4.74 Å². The molecule has 2 rings (SSSR count). The molecule has 2 atom stereocenters. The molecule has 7 heteroatoms. The lowest BCUT2D eigenvalue weighted by molar-refractivity contribution is 0.0173. The average Bonchev–Trinajstić information content (AvgIpc) is 2.85. The van der Waals surface area contributed by atoms with Crippen LogP contribution in [-0.4, -0.2) is 33.7 Å². The Kier molecular flexibility index (Phi) is 5.57. The van der Waals surface area contributed by atoms with E-state index in [2.05, 4.69) is 10.0 Å². The maximum atomic E-state index is 12.3. The molecule has 0 bridgehead atoms. The highest BCUT2D eigenvalue weighted by Crippen LogP contribution is 2.22. The Bertz CT molecular complexity index is 527. The predicted octanol–water partition coefficient (Wildman–Crippen LogP) is 1.70. The molecule has 0 aliphatic carbocycles. The van der Waals surface area contributed by atoms with Gasteiger partial charge in [-0.25, -0.2) is 13.1 Å². The lowest BCUT2D eigenvalue weighted by atomic mass is 10.1. The molecular formula is C13H22N2O3S2. The van der Waals surface area contributed by atoms with Gasteiger partial charge in [0.15, 0.2) is 0 Å². The van der Waals surface area contributed by atoms with Gasteiger partial charge in [0.25, 0.3) is 0 Å². The van der Waals surface area contributed by atoms with E-state index < -0.39 is 10.0 Å². The second-order valence-electron chi connectivity index (χ2n) is 5.08. The van der Waals surface area contributed by atoms with Gasteiger partial charge >= 0.3 is 0 Å². The van der Waals surface area contributed by atoms with Crippen LogP contribution in [0.2, 0.25) is 0 Å². The summed E-state index contributed by atoms with van der Waals surface area (Å²) in [6.45, 7) is 6.19. The van der Waals surface area contributed by atoms with Gasteiger partial charge in [-0.2, -0.15) is 0 Å². The lowest BCUT2D eigenvalue weighted by Crippen LogP contribution is -2.40. The summed E-state index contributed by atoms with van der Waals surface area (Å²) in [5.74, 6) is 0. The van der Waals surface area contributed by atoms with E-state index in [1.54, 1.807) is 6.07 Å². The lowest BCUT2D eigenvalue weighted by Gasteiger charge is -2.27. The highest BCUT2D eigenvalue weighted by molar-refractivity contribution is 7.91. The Morgan fingerprint density at radius 1 is 1.50 bits per heavy atom. The smallest absolute Gasteiger partial charge is 0.250 e. The van der Waals surface area contributed by atoms with Crippen molar-refractivity contribution in [2.75, 3.05) is 13.2 Å². The van der Waals surface area contributed by atoms with Crippen LogP contribution in [0, 0.1) is 0 Å². The molecule has 1 aromatic heterocycles. The van der Waals surface area contributed by atoms with E-state index in [0.717, 1.165) is 24.9 Å². The first-order valence-electron chi connectivity index (χ1n) is 6.93. The molecule has 2 heterocycles. The molecule has 2 unspecified atom stereocenters. The number of rotatable bonds is 6. The van der Waals surface area contributed by atoms with Gasteiger partial charge in [0.2, 0.25) is 10.0 Å². The number of hydrogen-bond acceptors (Lipinski definition) is 5. The Morgan fingerprint density at radius 3 is 3.00 bits per heavy atom. The molecule has 0 radical (unpaired) electrons. The molecule has 0 amide bonds. The number of nitrogens with one attached hydrogen (secondary N) is 2. The molecule has 1 aliphatic rings. The van der Waals surface area contributed by atoms with Gasteiger partial charge in [0.05, 0.1) is 6.10 Å². The molecule has 1 aromatic rings. The molecule has 1 saturated heterocycles. The third-order valence-electron chi connectivity index (χ3n) is 3.28. The minimum atomic E-state index is -3.40. The van der Waals surface area contributed by atoms with Crippen LogP contribution < -0.4 is 10.0 Å².